The first-order valence-electron chi connectivity index (χ1n) is 10.8. The van der Waals surface area contributed by atoms with Crippen molar-refractivity contribution in [3.05, 3.63) is 96.9 Å². The second-order valence-corrected chi connectivity index (χ2v) is 10.1. The number of nitrogens with one attached hydrogen (secondary N) is 1. The molecule has 4 amide bonds. The Bertz CT molecular complexity index is 1380. The number of halogens is 2. The van der Waals surface area contributed by atoms with Crippen LogP contribution < -0.4 is 15.0 Å². The monoisotopic (exact) mass is 596 g/mol. The van der Waals surface area contributed by atoms with E-state index in [1.54, 1.807) is 43.3 Å². The van der Waals surface area contributed by atoms with Crippen LogP contribution in [0.4, 0.5) is 10.5 Å². The first kappa shape index (κ1) is 24.9. The van der Waals surface area contributed by atoms with E-state index in [4.69, 9.17) is 4.74 Å². The molecule has 35 heavy (non-hydrogen) atoms. The number of hydrogen-bond acceptors (Lipinski definition) is 4. The summed E-state index contributed by atoms with van der Waals surface area (Å²) in [6, 6.07) is 15.9. The molecule has 1 saturated heterocycles. The molecule has 0 spiro atoms. The van der Waals surface area contributed by atoms with Gasteiger partial charge in [0.05, 0.1) is 10.2 Å². The van der Waals surface area contributed by atoms with Gasteiger partial charge in [-0.05, 0) is 89.8 Å². The molecule has 1 heterocycles. The van der Waals surface area contributed by atoms with Crippen LogP contribution in [0.1, 0.15) is 27.8 Å². The predicted molar refractivity (Wildman–Crippen MR) is 142 cm³/mol. The highest BCUT2D eigenvalue weighted by molar-refractivity contribution is 9.10. The molecule has 3 aromatic rings. The number of nitrogens with zero attached hydrogens (tertiary/aromatic N) is 1. The van der Waals surface area contributed by atoms with Gasteiger partial charge < -0.3 is 4.74 Å². The Labute approximate surface area is 220 Å². The third-order valence-electron chi connectivity index (χ3n) is 5.44. The fraction of sp³-hybridized carbons (Fsp3) is 0.148. The van der Waals surface area contributed by atoms with Crippen LogP contribution in [0.2, 0.25) is 0 Å². The lowest BCUT2D eigenvalue weighted by Crippen LogP contribution is -2.54. The van der Waals surface area contributed by atoms with Gasteiger partial charge in [0.1, 0.15) is 17.9 Å². The van der Waals surface area contributed by atoms with Gasteiger partial charge in [-0.15, -0.1) is 0 Å². The number of rotatable bonds is 5. The molecule has 6 nitrogen and oxygen atoms in total. The van der Waals surface area contributed by atoms with Gasteiger partial charge in [-0.2, -0.15) is 0 Å². The SMILES string of the molecule is Cc1cc(C)cc(COc2ccc(/C=C3/C(=O)NC(=O)N(c4ccc(Br)cc4C)C3=O)cc2Br)c1. The van der Waals surface area contributed by atoms with Gasteiger partial charge in [-0.3, -0.25) is 14.9 Å². The Morgan fingerprint density at radius 3 is 2.29 bits per heavy atom. The molecule has 1 aliphatic rings. The van der Waals surface area contributed by atoms with E-state index in [9.17, 15) is 14.4 Å². The summed E-state index contributed by atoms with van der Waals surface area (Å²) in [6.07, 6.45) is 1.46. The minimum absolute atomic E-state index is 0.136. The molecule has 0 saturated carbocycles. The van der Waals surface area contributed by atoms with Crippen LogP contribution >= 0.6 is 31.9 Å². The minimum atomic E-state index is -0.779. The number of urea groups is 1. The zero-order chi connectivity index (χ0) is 25.3. The van der Waals surface area contributed by atoms with Crippen molar-refractivity contribution in [1.82, 2.24) is 5.32 Å². The van der Waals surface area contributed by atoms with E-state index in [1.165, 1.54) is 17.2 Å². The maximum absolute atomic E-state index is 13.2. The van der Waals surface area contributed by atoms with E-state index in [2.05, 4.69) is 55.4 Å². The zero-order valence-corrected chi connectivity index (χ0v) is 22.5. The predicted octanol–water partition coefficient (Wildman–Crippen LogP) is 6.38. The van der Waals surface area contributed by atoms with Gasteiger partial charge >= 0.3 is 6.03 Å². The molecule has 0 radical (unpaired) electrons. The lowest BCUT2D eigenvalue weighted by Gasteiger charge is -2.27. The Kier molecular flexibility index (Phi) is 7.23. The van der Waals surface area contributed by atoms with Crippen molar-refractivity contribution in [2.75, 3.05) is 4.90 Å². The molecule has 0 atom stereocenters. The van der Waals surface area contributed by atoms with E-state index in [0.717, 1.165) is 14.9 Å². The molecule has 1 N–H and O–H groups in total. The summed E-state index contributed by atoms with van der Waals surface area (Å²) in [7, 11) is 0. The Morgan fingerprint density at radius 2 is 1.63 bits per heavy atom. The summed E-state index contributed by atoms with van der Waals surface area (Å²) in [5.41, 5.74) is 5.00. The molecule has 0 aromatic heterocycles. The number of carbonyl (C=O) groups is 3. The number of anilines is 1. The van der Waals surface area contributed by atoms with Crippen molar-refractivity contribution in [3.63, 3.8) is 0 Å². The second-order valence-electron chi connectivity index (χ2n) is 8.36. The molecule has 1 fully saturated rings. The number of aryl methyl sites for hydroxylation is 3. The van der Waals surface area contributed by atoms with Crippen molar-refractivity contribution in [2.45, 2.75) is 27.4 Å². The number of barbiturate groups is 1. The van der Waals surface area contributed by atoms with E-state index in [0.29, 0.717) is 33.6 Å². The average molecular weight is 598 g/mol. The van der Waals surface area contributed by atoms with Crippen molar-refractivity contribution >= 4 is 61.5 Å². The molecule has 1 aliphatic heterocycles. The number of ether oxygens (including phenoxy) is 1. The van der Waals surface area contributed by atoms with E-state index < -0.39 is 17.8 Å². The minimum Gasteiger partial charge on any atom is -0.488 e. The summed E-state index contributed by atoms with van der Waals surface area (Å²) in [4.78, 5) is 39.2. The van der Waals surface area contributed by atoms with Gasteiger partial charge in [0.25, 0.3) is 11.8 Å². The number of benzene rings is 3. The standard InChI is InChI=1S/C27H22Br2N2O4/c1-15-8-16(2)10-19(9-15)14-35-24-7-4-18(13-22(24)29)12-21-25(32)30-27(34)31(26(21)33)23-6-5-20(28)11-17(23)3/h4-13H,14H2,1-3H3,(H,30,32,34)/b21-12-. The van der Waals surface area contributed by atoms with Gasteiger partial charge in [0.2, 0.25) is 0 Å². The quantitative estimate of drug-likeness (QED) is 0.273. The van der Waals surface area contributed by atoms with Gasteiger partial charge in [0, 0.05) is 4.47 Å². The smallest absolute Gasteiger partial charge is 0.335 e. The average Bonchev–Trinajstić information content (AvgIpc) is 2.76. The molecular weight excluding hydrogens is 576 g/mol. The molecule has 0 unspecified atom stereocenters. The van der Waals surface area contributed by atoms with E-state index in [-0.39, 0.29) is 5.57 Å². The van der Waals surface area contributed by atoms with Gasteiger partial charge in [0.15, 0.2) is 0 Å². The van der Waals surface area contributed by atoms with Crippen LogP contribution in [0.15, 0.2) is 69.1 Å². The van der Waals surface area contributed by atoms with Gasteiger partial charge in [-0.1, -0.05) is 51.3 Å². The molecule has 0 bridgehead atoms. The highest BCUT2D eigenvalue weighted by Crippen LogP contribution is 2.30. The van der Waals surface area contributed by atoms with Crippen LogP contribution in [0.3, 0.4) is 0 Å². The fourth-order valence-electron chi connectivity index (χ4n) is 3.95. The lowest BCUT2D eigenvalue weighted by molar-refractivity contribution is -0.122. The fourth-order valence-corrected chi connectivity index (χ4v) is 4.94. The summed E-state index contributed by atoms with van der Waals surface area (Å²) < 4.78 is 7.46. The largest absolute Gasteiger partial charge is 0.488 e. The van der Waals surface area contributed by atoms with Crippen molar-refractivity contribution in [2.24, 2.45) is 0 Å². The first-order chi connectivity index (χ1) is 16.6. The highest BCUT2D eigenvalue weighted by atomic mass is 79.9. The lowest BCUT2D eigenvalue weighted by atomic mass is 10.1. The molecule has 0 aliphatic carbocycles. The first-order valence-corrected chi connectivity index (χ1v) is 12.4. The van der Waals surface area contributed by atoms with E-state index in [1.807, 2.05) is 13.8 Å². The number of amides is 4. The maximum atomic E-state index is 13.2. The third-order valence-corrected chi connectivity index (χ3v) is 6.56. The summed E-state index contributed by atoms with van der Waals surface area (Å²) in [5, 5.41) is 2.25. The van der Waals surface area contributed by atoms with Crippen LogP contribution in [0.5, 0.6) is 5.75 Å². The molecule has 8 heteroatoms. The Balaban J connectivity index is 1.58. The summed E-state index contributed by atoms with van der Waals surface area (Å²) in [5.74, 6) is -0.791. The zero-order valence-electron chi connectivity index (χ0n) is 19.3. The molecule has 3 aromatic carbocycles. The highest BCUT2D eigenvalue weighted by Gasteiger charge is 2.37. The van der Waals surface area contributed by atoms with Crippen molar-refractivity contribution in [1.29, 1.82) is 0 Å². The van der Waals surface area contributed by atoms with Crippen LogP contribution in [0, 0.1) is 20.8 Å². The Hall–Kier alpha value is -3.23. The second kappa shape index (κ2) is 10.2. The van der Waals surface area contributed by atoms with Crippen LogP contribution in [-0.4, -0.2) is 17.8 Å². The van der Waals surface area contributed by atoms with Gasteiger partial charge in [-0.25, -0.2) is 9.69 Å². The number of imide groups is 2. The van der Waals surface area contributed by atoms with Crippen molar-refractivity contribution in [3.8, 4) is 5.75 Å². The normalized spacial score (nSPS) is 14.9. The summed E-state index contributed by atoms with van der Waals surface area (Å²) >= 11 is 6.89. The third kappa shape index (κ3) is 5.55. The number of carbonyl (C=O) groups excluding carboxylic acids is 3. The number of hydrogen-bond donors (Lipinski definition) is 1. The van der Waals surface area contributed by atoms with Crippen molar-refractivity contribution < 1.29 is 19.1 Å². The topological polar surface area (TPSA) is 75.7 Å². The summed E-state index contributed by atoms with van der Waals surface area (Å²) in [6.45, 7) is 6.29. The van der Waals surface area contributed by atoms with E-state index >= 15 is 0 Å². The van der Waals surface area contributed by atoms with Crippen LogP contribution in [-0.2, 0) is 16.2 Å². The van der Waals surface area contributed by atoms with Crippen LogP contribution in [0.25, 0.3) is 6.08 Å². The molecule has 178 valence electrons. The maximum Gasteiger partial charge on any atom is 0.335 e. The molecular formula is C27H22Br2N2O4. The Morgan fingerprint density at radius 1 is 0.914 bits per heavy atom. The molecule has 4 rings (SSSR count).